The van der Waals surface area contributed by atoms with Crippen molar-refractivity contribution in [2.45, 2.75) is 18.4 Å². The molecule has 72 valence electrons. The van der Waals surface area contributed by atoms with E-state index in [1.165, 1.54) is 0 Å². The third-order valence-corrected chi connectivity index (χ3v) is 2.61. The number of rotatable bonds is 3. The van der Waals surface area contributed by atoms with Gasteiger partial charge in [-0.05, 0) is 30.5 Å². The Labute approximate surface area is 82.4 Å². The van der Waals surface area contributed by atoms with Gasteiger partial charge in [-0.2, -0.15) is 4.99 Å². The first-order valence-electron chi connectivity index (χ1n) is 4.54. The van der Waals surface area contributed by atoms with E-state index in [2.05, 4.69) is 4.99 Å². The average Bonchev–Trinajstić information content (AvgIpc) is 3.00. The van der Waals surface area contributed by atoms with Crippen LogP contribution in [0.15, 0.2) is 29.3 Å². The smallest absolute Gasteiger partial charge is 0.235 e. The summed E-state index contributed by atoms with van der Waals surface area (Å²) in [5.74, 6) is 0.819. The van der Waals surface area contributed by atoms with Gasteiger partial charge in [0, 0.05) is 0 Å². The SMILES string of the molecule is COc1ccc(C2(N=C=O)CC2)cc1. The van der Waals surface area contributed by atoms with E-state index in [9.17, 15) is 4.79 Å². The van der Waals surface area contributed by atoms with E-state index < -0.39 is 0 Å². The molecule has 3 heteroatoms. The van der Waals surface area contributed by atoms with Crippen LogP contribution in [0.4, 0.5) is 0 Å². The van der Waals surface area contributed by atoms with Crippen LogP contribution in [-0.4, -0.2) is 13.2 Å². The second-order valence-electron chi connectivity index (χ2n) is 3.46. The molecule has 1 aliphatic rings. The number of ether oxygens (including phenoxy) is 1. The Morgan fingerprint density at radius 2 is 2.00 bits per heavy atom. The predicted molar refractivity (Wildman–Crippen MR) is 52.0 cm³/mol. The Kier molecular flexibility index (Phi) is 2.10. The highest BCUT2D eigenvalue weighted by Crippen LogP contribution is 2.49. The van der Waals surface area contributed by atoms with E-state index in [1.54, 1.807) is 13.2 Å². The van der Waals surface area contributed by atoms with Crippen molar-refractivity contribution < 1.29 is 9.53 Å². The molecule has 0 atom stereocenters. The number of methoxy groups -OCH3 is 1. The Morgan fingerprint density at radius 3 is 2.43 bits per heavy atom. The highest BCUT2D eigenvalue weighted by Gasteiger charge is 2.44. The Bertz CT molecular complexity index is 373. The topological polar surface area (TPSA) is 38.7 Å². The largest absolute Gasteiger partial charge is 0.497 e. The predicted octanol–water partition coefficient (Wildman–Crippen LogP) is 2.02. The van der Waals surface area contributed by atoms with E-state index in [0.29, 0.717) is 0 Å². The van der Waals surface area contributed by atoms with Gasteiger partial charge >= 0.3 is 0 Å². The van der Waals surface area contributed by atoms with Crippen molar-refractivity contribution >= 4 is 6.08 Å². The van der Waals surface area contributed by atoms with Crippen molar-refractivity contribution in [2.24, 2.45) is 4.99 Å². The minimum Gasteiger partial charge on any atom is -0.497 e. The van der Waals surface area contributed by atoms with Crippen molar-refractivity contribution in [3.05, 3.63) is 29.8 Å². The molecule has 1 aromatic carbocycles. The zero-order chi connectivity index (χ0) is 10.0. The number of benzene rings is 1. The van der Waals surface area contributed by atoms with Crippen molar-refractivity contribution in [3.63, 3.8) is 0 Å². The van der Waals surface area contributed by atoms with Crippen LogP contribution in [-0.2, 0) is 10.3 Å². The summed E-state index contributed by atoms with van der Waals surface area (Å²) >= 11 is 0. The van der Waals surface area contributed by atoms with Gasteiger partial charge in [-0.25, -0.2) is 4.79 Å². The van der Waals surface area contributed by atoms with Crippen LogP contribution in [0.25, 0.3) is 0 Å². The summed E-state index contributed by atoms with van der Waals surface area (Å²) in [6, 6.07) is 7.67. The normalized spacial score (nSPS) is 16.9. The van der Waals surface area contributed by atoms with E-state index in [1.807, 2.05) is 24.3 Å². The van der Waals surface area contributed by atoms with Gasteiger partial charge in [0.15, 0.2) is 0 Å². The van der Waals surface area contributed by atoms with Gasteiger partial charge in [-0.3, -0.25) is 0 Å². The van der Waals surface area contributed by atoms with Gasteiger partial charge in [-0.15, -0.1) is 0 Å². The molecular weight excluding hydrogens is 178 g/mol. The molecule has 0 heterocycles. The second kappa shape index (κ2) is 3.28. The van der Waals surface area contributed by atoms with Gasteiger partial charge in [-0.1, -0.05) is 12.1 Å². The van der Waals surface area contributed by atoms with E-state index in [0.717, 1.165) is 24.2 Å². The lowest BCUT2D eigenvalue weighted by Gasteiger charge is -2.08. The molecule has 0 radical (unpaired) electrons. The number of hydrogen-bond acceptors (Lipinski definition) is 3. The summed E-state index contributed by atoms with van der Waals surface area (Å²) in [5.41, 5.74) is 0.801. The number of carbonyl (C=O) groups excluding carboxylic acids is 1. The highest BCUT2D eigenvalue weighted by atomic mass is 16.5. The van der Waals surface area contributed by atoms with E-state index in [4.69, 9.17) is 4.74 Å². The summed E-state index contributed by atoms with van der Waals surface area (Å²) in [6.45, 7) is 0. The van der Waals surface area contributed by atoms with E-state index >= 15 is 0 Å². The zero-order valence-electron chi connectivity index (χ0n) is 7.99. The number of nitrogens with zero attached hydrogens (tertiary/aromatic N) is 1. The maximum absolute atomic E-state index is 10.2. The van der Waals surface area contributed by atoms with Crippen LogP contribution in [0.1, 0.15) is 18.4 Å². The monoisotopic (exact) mass is 189 g/mol. The van der Waals surface area contributed by atoms with Gasteiger partial charge in [0.1, 0.15) is 5.75 Å². The fraction of sp³-hybridized carbons (Fsp3) is 0.364. The summed E-state index contributed by atoms with van der Waals surface area (Å²) in [6.07, 6.45) is 3.52. The van der Waals surface area contributed by atoms with Crippen LogP contribution < -0.4 is 4.74 Å². The molecular formula is C11H11NO2. The van der Waals surface area contributed by atoms with Gasteiger partial charge in [0.25, 0.3) is 0 Å². The third-order valence-electron chi connectivity index (χ3n) is 2.61. The quantitative estimate of drug-likeness (QED) is 0.539. The maximum Gasteiger partial charge on any atom is 0.235 e. The van der Waals surface area contributed by atoms with Crippen LogP contribution in [0.3, 0.4) is 0 Å². The summed E-state index contributed by atoms with van der Waals surface area (Å²) in [7, 11) is 1.63. The molecule has 1 aliphatic carbocycles. The first-order valence-corrected chi connectivity index (χ1v) is 4.54. The molecule has 1 aromatic rings. The van der Waals surface area contributed by atoms with Gasteiger partial charge in [0.2, 0.25) is 6.08 Å². The molecule has 0 amide bonds. The summed E-state index contributed by atoms with van der Waals surface area (Å²) in [5, 5.41) is 0. The van der Waals surface area contributed by atoms with Crippen molar-refractivity contribution in [3.8, 4) is 5.75 Å². The average molecular weight is 189 g/mol. The molecule has 0 aliphatic heterocycles. The molecule has 2 rings (SSSR count). The Balaban J connectivity index is 2.29. The maximum atomic E-state index is 10.2. The third kappa shape index (κ3) is 1.42. The second-order valence-corrected chi connectivity index (χ2v) is 3.46. The highest BCUT2D eigenvalue weighted by molar-refractivity contribution is 5.42. The molecule has 0 aromatic heterocycles. The minimum absolute atomic E-state index is 0.270. The van der Waals surface area contributed by atoms with Gasteiger partial charge in [0.05, 0.1) is 12.6 Å². The minimum atomic E-state index is -0.270. The fourth-order valence-electron chi connectivity index (χ4n) is 1.57. The van der Waals surface area contributed by atoms with Crippen molar-refractivity contribution in [1.82, 2.24) is 0 Å². The van der Waals surface area contributed by atoms with Gasteiger partial charge < -0.3 is 4.74 Å². The number of isocyanates is 1. The first kappa shape index (κ1) is 8.97. The van der Waals surface area contributed by atoms with Crippen molar-refractivity contribution in [2.75, 3.05) is 7.11 Å². The zero-order valence-corrected chi connectivity index (χ0v) is 7.99. The van der Waals surface area contributed by atoms with Crippen molar-refractivity contribution in [1.29, 1.82) is 0 Å². The molecule has 3 nitrogen and oxygen atoms in total. The van der Waals surface area contributed by atoms with Crippen LogP contribution in [0.2, 0.25) is 0 Å². The molecule has 0 unspecified atom stereocenters. The standard InChI is InChI=1S/C11H11NO2/c1-14-10-4-2-9(3-5-10)11(6-7-11)12-8-13/h2-5H,6-7H2,1H3. The fourth-order valence-corrected chi connectivity index (χ4v) is 1.57. The summed E-state index contributed by atoms with van der Waals surface area (Å²) in [4.78, 5) is 14.1. The van der Waals surface area contributed by atoms with Crippen LogP contribution >= 0.6 is 0 Å². The molecule has 0 spiro atoms. The van der Waals surface area contributed by atoms with Crippen LogP contribution in [0.5, 0.6) is 5.75 Å². The molecule has 0 saturated heterocycles. The molecule has 1 fully saturated rings. The first-order chi connectivity index (χ1) is 6.80. The van der Waals surface area contributed by atoms with Crippen LogP contribution in [0, 0.1) is 0 Å². The lowest BCUT2D eigenvalue weighted by Crippen LogP contribution is -2.01. The molecule has 0 N–H and O–H groups in total. The number of hydrogen-bond donors (Lipinski definition) is 0. The Morgan fingerprint density at radius 1 is 1.36 bits per heavy atom. The number of aliphatic imine (C=N–C) groups is 1. The Hall–Kier alpha value is -1.60. The lowest BCUT2D eigenvalue weighted by molar-refractivity contribution is 0.414. The molecule has 14 heavy (non-hydrogen) atoms. The molecule has 0 bridgehead atoms. The summed E-state index contributed by atoms with van der Waals surface area (Å²) < 4.78 is 5.05. The lowest BCUT2D eigenvalue weighted by atomic mass is 10.1. The molecule has 1 saturated carbocycles. The van der Waals surface area contributed by atoms with E-state index in [-0.39, 0.29) is 5.54 Å².